The van der Waals surface area contributed by atoms with Crippen LogP contribution in [0.25, 0.3) is 0 Å². The second kappa shape index (κ2) is 19.4. The Balaban J connectivity index is 3.52. The summed E-state index contributed by atoms with van der Waals surface area (Å²) in [5, 5.41) is 17.9. The Hall–Kier alpha value is 0.0800. The molecule has 8 nitrogen and oxygen atoms in total. The van der Waals surface area contributed by atoms with Crippen LogP contribution in [0.2, 0.25) is 0 Å². The Morgan fingerprint density at radius 1 is 0.852 bits per heavy atom. The minimum Gasteiger partial charge on any atom is -0.463 e. The van der Waals surface area contributed by atoms with Crippen LogP contribution in [0.15, 0.2) is 0 Å². The highest BCUT2D eigenvalue weighted by Gasteiger charge is 2.08. The van der Waals surface area contributed by atoms with E-state index in [2.05, 4.69) is 4.74 Å². The normalized spacial score (nSPS) is 11.8. The molecular weight excluding hydrogens is 456 g/mol. The standard InChI is InChI=1S/C14H24O8S5/c15-1-3-21-12(17)7-23-5-6-27(20)11-25-10-26-14(19)9-24-8-13(18)22-4-2-16/h15-16H,1-11H2. The van der Waals surface area contributed by atoms with Gasteiger partial charge in [0.15, 0.2) is 5.12 Å². The molecule has 0 aromatic rings. The molecule has 158 valence electrons. The van der Waals surface area contributed by atoms with E-state index in [9.17, 15) is 18.6 Å². The van der Waals surface area contributed by atoms with Gasteiger partial charge in [-0.05, 0) is 0 Å². The zero-order valence-electron chi connectivity index (χ0n) is 14.7. The minimum atomic E-state index is -1.03. The molecule has 0 spiro atoms. The van der Waals surface area contributed by atoms with Gasteiger partial charge in [0.2, 0.25) is 0 Å². The summed E-state index contributed by atoms with van der Waals surface area (Å²) in [7, 11) is -1.03. The lowest BCUT2D eigenvalue weighted by atomic mass is 10.7. The van der Waals surface area contributed by atoms with Gasteiger partial charge in [-0.3, -0.25) is 18.6 Å². The van der Waals surface area contributed by atoms with Gasteiger partial charge in [-0.1, -0.05) is 11.8 Å². The van der Waals surface area contributed by atoms with Crippen LogP contribution < -0.4 is 0 Å². The van der Waals surface area contributed by atoms with E-state index in [-0.39, 0.29) is 48.8 Å². The lowest BCUT2D eigenvalue weighted by molar-refractivity contribution is -0.142. The summed E-state index contributed by atoms with van der Waals surface area (Å²) >= 11 is 5.00. The average Bonchev–Trinajstić information content (AvgIpc) is 2.65. The molecule has 0 radical (unpaired) electrons. The van der Waals surface area contributed by atoms with Crippen molar-refractivity contribution in [3.05, 3.63) is 0 Å². The average molecular weight is 481 g/mol. The monoisotopic (exact) mass is 480 g/mol. The molecule has 0 aromatic heterocycles. The van der Waals surface area contributed by atoms with Crippen LogP contribution in [0.5, 0.6) is 0 Å². The van der Waals surface area contributed by atoms with Crippen LogP contribution in [0.1, 0.15) is 0 Å². The Bertz CT molecular complexity index is 463. The van der Waals surface area contributed by atoms with E-state index in [0.29, 0.717) is 21.7 Å². The molecule has 0 saturated heterocycles. The van der Waals surface area contributed by atoms with Crippen molar-refractivity contribution >= 4 is 74.9 Å². The molecule has 1 unspecified atom stereocenters. The number of hydrogen-bond acceptors (Lipinski definition) is 12. The highest BCUT2D eigenvalue weighted by molar-refractivity contribution is 8.26. The van der Waals surface area contributed by atoms with Crippen LogP contribution >= 0.6 is 47.0 Å². The number of carbonyl (C=O) groups excluding carboxylic acids is 3. The maximum Gasteiger partial charge on any atom is 0.315 e. The Morgan fingerprint density at radius 3 is 2.04 bits per heavy atom. The van der Waals surface area contributed by atoms with Gasteiger partial charge in [-0.25, -0.2) is 0 Å². The number of thioether (sulfide) groups is 4. The van der Waals surface area contributed by atoms with Crippen LogP contribution in [-0.2, 0) is 34.7 Å². The second-order valence-electron chi connectivity index (χ2n) is 4.53. The fraction of sp³-hybridized carbons (Fsp3) is 0.786. The van der Waals surface area contributed by atoms with E-state index in [1.807, 2.05) is 0 Å². The van der Waals surface area contributed by atoms with Crippen molar-refractivity contribution in [3.63, 3.8) is 0 Å². The number of carbonyl (C=O) groups is 3. The fourth-order valence-corrected chi connectivity index (χ4v) is 6.93. The quantitative estimate of drug-likeness (QED) is 0.167. The third-order valence-corrected chi connectivity index (χ3v) is 8.60. The van der Waals surface area contributed by atoms with E-state index in [1.165, 1.54) is 23.5 Å². The Labute approximate surface area is 178 Å². The topological polar surface area (TPSA) is 127 Å². The first kappa shape index (κ1) is 27.1. The summed E-state index contributed by atoms with van der Waals surface area (Å²) in [5.41, 5.74) is 0. The van der Waals surface area contributed by atoms with E-state index >= 15 is 0 Å². The van der Waals surface area contributed by atoms with Gasteiger partial charge in [0.05, 0.1) is 35.6 Å². The largest absolute Gasteiger partial charge is 0.463 e. The van der Waals surface area contributed by atoms with Crippen LogP contribution in [-0.4, -0.2) is 96.8 Å². The third kappa shape index (κ3) is 19.2. The SMILES string of the molecule is O=C(CSCCS(=O)CSCSC(=O)CSCC(=O)OCCO)OCCO. The number of aliphatic hydroxyl groups is 2. The number of esters is 2. The van der Waals surface area contributed by atoms with Crippen molar-refractivity contribution in [1.82, 2.24) is 0 Å². The zero-order valence-corrected chi connectivity index (χ0v) is 18.7. The summed E-state index contributed by atoms with van der Waals surface area (Å²) in [6.45, 7) is -0.472. The van der Waals surface area contributed by atoms with Crippen LogP contribution in [0, 0.1) is 0 Å². The van der Waals surface area contributed by atoms with Crippen molar-refractivity contribution < 1.29 is 38.3 Å². The molecule has 0 saturated carbocycles. The van der Waals surface area contributed by atoms with Crippen molar-refractivity contribution in [2.24, 2.45) is 0 Å². The molecule has 0 aliphatic carbocycles. The number of ether oxygens (including phenoxy) is 2. The molecule has 1 atom stereocenters. The van der Waals surface area contributed by atoms with E-state index < -0.39 is 22.7 Å². The molecule has 0 aromatic carbocycles. The molecule has 0 rings (SSSR count). The van der Waals surface area contributed by atoms with Crippen molar-refractivity contribution in [2.75, 3.05) is 65.4 Å². The van der Waals surface area contributed by atoms with Crippen molar-refractivity contribution in [2.45, 2.75) is 0 Å². The van der Waals surface area contributed by atoms with E-state index in [1.54, 1.807) is 0 Å². The Kier molecular flexibility index (Phi) is 19.5. The first-order valence-electron chi connectivity index (χ1n) is 7.76. The lowest BCUT2D eigenvalue weighted by Crippen LogP contribution is -2.12. The van der Waals surface area contributed by atoms with Crippen LogP contribution in [0.4, 0.5) is 0 Å². The summed E-state index contributed by atoms with van der Waals surface area (Å²) in [5.74, 6) is 0.575. The van der Waals surface area contributed by atoms with E-state index in [4.69, 9.17) is 14.9 Å². The van der Waals surface area contributed by atoms with Crippen molar-refractivity contribution in [1.29, 1.82) is 0 Å². The highest BCUT2D eigenvalue weighted by Crippen LogP contribution is 2.17. The summed E-state index contributed by atoms with van der Waals surface area (Å²) in [4.78, 5) is 34.0. The minimum absolute atomic E-state index is 0.00927. The maximum absolute atomic E-state index is 11.8. The maximum atomic E-state index is 11.8. The number of rotatable bonds is 17. The van der Waals surface area contributed by atoms with Gasteiger partial charge >= 0.3 is 11.9 Å². The van der Waals surface area contributed by atoms with Crippen molar-refractivity contribution in [3.8, 4) is 0 Å². The smallest absolute Gasteiger partial charge is 0.315 e. The second-order valence-corrected chi connectivity index (χ2v) is 11.0. The molecule has 0 amide bonds. The molecule has 0 aliphatic rings. The lowest BCUT2D eigenvalue weighted by Gasteiger charge is -2.04. The molecule has 0 heterocycles. The summed E-state index contributed by atoms with van der Waals surface area (Å²) in [6.07, 6.45) is 0. The third-order valence-electron chi connectivity index (χ3n) is 2.34. The zero-order chi connectivity index (χ0) is 20.3. The highest BCUT2D eigenvalue weighted by atomic mass is 32.2. The molecule has 0 fully saturated rings. The van der Waals surface area contributed by atoms with Gasteiger partial charge in [0, 0.05) is 27.4 Å². The predicted octanol–water partition coefficient (Wildman–Crippen LogP) is 0.180. The van der Waals surface area contributed by atoms with Gasteiger partial charge < -0.3 is 19.7 Å². The van der Waals surface area contributed by atoms with Gasteiger partial charge in [-0.15, -0.1) is 35.3 Å². The number of aliphatic hydroxyl groups excluding tert-OH is 2. The molecule has 2 N–H and O–H groups in total. The van der Waals surface area contributed by atoms with Gasteiger partial charge in [-0.2, -0.15) is 0 Å². The van der Waals surface area contributed by atoms with Gasteiger partial charge in [0.25, 0.3) is 0 Å². The van der Waals surface area contributed by atoms with E-state index in [0.717, 1.165) is 23.5 Å². The fourth-order valence-electron chi connectivity index (χ4n) is 1.26. The number of hydrogen-bond donors (Lipinski definition) is 2. The van der Waals surface area contributed by atoms with Crippen LogP contribution in [0.3, 0.4) is 0 Å². The summed E-state index contributed by atoms with van der Waals surface area (Å²) in [6, 6.07) is 0. The first-order valence-corrected chi connectivity index (χ1v) is 13.7. The molecule has 13 heteroatoms. The Morgan fingerprint density at radius 2 is 1.44 bits per heavy atom. The predicted molar refractivity (Wildman–Crippen MR) is 114 cm³/mol. The molecule has 0 aliphatic heterocycles. The molecule has 27 heavy (non-hydrogen) atoms. The molecular formula is C14H24O8S5. The summed E-state index contributed by atoms with van der Waals surface area (Å²) < 4.78 is 21.2. The first-order chi connectivity index (χ1) is 13.0. The molecule has 0 bridgehead atoms. The van der Waals surface area contributed by atoms with Gasteiger partial charge in [0.1, 0.15) is 13.2 Å².